The van der Waals surface area contributed by atoms with Gasteiger partial charge in [0.15, 0.2) is 5.96 Å². The smallest absolute Gasteiger partial charge is 0.190 e. The van der Waals surface area contributed by atoms with E-state index in [1.165, 1.54) is 5.56 Å². The second kappa shape index (κ2) is 8.37. The molecule has 0 spiro atoms. The van der Waals surface area contributed by atoms with Crippen molar-refractivity contribution in [3.63, 3.8) is 0 Å². The Labute approximate surface area is 115 Å². The van der Waals surface area contributed by atoms with Crippen LogP contribution in [0.2, 0.25) is 0 Å². The molecule has 0 bridgehead atoms. The number of rotatable bonds is 6. The molecular formula is C14H23N3O2. The van der Waals surface area contributed by atoms with Crippen LogP contribution in [0.3, 0.4) is 0 Å². The number of nitrogens with one attached hydrogen (secondary N) is 2. The van der Waals surface area contributed by atoms with E-state index in [0.29, 0.717) is 19.8 Å². The lowest BCUT2D eigenvalue weighted by atomic mass is 10.1. The quantitative estimate of drug-likeness (QED) is 0.463. The maximum absolute atomic E-state index is 5.73. The number of methoxy groups -OCH3 is 1. The van der Waals surface area contributed by atoms with Crippen molar-refractivity contribution in [3.05, 3.63) is 29.3 Å². The number of benzene rings is 1. The molecule has 0 amide bonds. The monoisotopic (exact) mass is 265 g/mol. The number of hydrogen-bond acceptors (Lipinski definition) is 3. The maximum Gasteiger partial charge on any atom is 0.190 e. The average Bonchev–Trinajstić information content (AvgIpc) is 2.42. The number of aliphatic imine (C=N–C) groups is 1. The van der Waals surface area contributed by atoms with Gasteiger partial charge in [-0.25, -0.2) is 0 Å². The summed E-state index contributed by atoms with van der Waals surface area (Å²) in [5, 5.41) is 6.20. The number of guanidine groups is 1. The third-order valence-corrected chi connectivity index (χ3v) is 2.67. The topological polar surface area (TPSA) is 54.9 Å². The van der Waals surface area contributed by atoms with Crippen LogP contribution in [-0.4, -0.2) is 40.4 Å². The first kappa shape index (κ1) is 15.3. The Hall–Kier alpha value is -1.75. The second-order valence-corrected chi connectivity index (χ2v) is 4.13. The highest BCUT2D eigenvalue weighted by Crippen LogP contribution is 2.20. The summed E-state index contributed by atoms with van der Waals surface area (Å²) in [4.78, 5) is 4.08. The molecule has 5 heteroatoms. The zero-order valence-electron chi connectivity index (χ0n) is 12.1. The molecule has 0 aliphatic heterocycles. The lowest BCUT2D eigenvalue weighted by molar-refractivity contribution is 0.145. The van der Waals surface area contributed by atoms with Crippen LogP contribution in [0.1, 0.15) is 11.1 Å². The normalized spacial score (nSPS) is 11.3. The summed E-state index contributed by atoms with van der Waals surface area (Å²) in [5.74, 6) is 1.64. The van der Waals surface area contributed by atoms with E-state index in [9.17, 15) is 0 Å². The van der Waals surface area contributed by atoms with Crippen LogP contribution in [-0.2, 0) is 11.3 Å². The molecule has 0 atom stereocenters. The van der Waals surface area contributed by atoms with Gasteiger partial charge in [0, 0.05) is 33.3 Å². The van der Waals surface area contributed by atoms with Crippen molar-refractivity contribution in [2.24, 2.45) is 4.99 Å². The third-order valence-electron chi connectivity index (χ3n) is 2.67. The van der Waals surface area contributed by atoms with Crippen LogP contribution in [0.4, 0.5) is 0 Å². The first-order valence-electron chi connectivity index (χ1n) is 6.31. The molecule has 0 aliphatic rings. The van der Waals surface area contributed by atoms with Crippen molar-refractivity contribution >= 4 is 5.96 Å². The molecule has 106 valence electrons. The Balaban J connectivity index is 2.70. The van der Waals surface area contributed by atoms with Gasteiger partial charge in [0.25, 0.3) is 0 Å². The van der Waals surface area contributed by atoms with Gasteiger partial charge in [0.1, 0.15) is 12.4 Å². The van der Waals surface area contributed by atoms with E-state index in [1.807, 2.05) is 20.0 Å². The summed E-state index contributed by atoms with van der Waals surface area (Å²) in [7, 11) is 5.24. The van der Waals surface area contributed by atoms with Crippen molar-refractivity contribution in [3.8, 4) is 5.75 Å². The minimum Gasteiger partial charge on any atom is -0.491 e. The fraction of sp³-hybridized carbons (Fsp3) is 0.500. The first-order valence-corrected chi connectivity index (χ1v) is 6.31. The van der Waals surface area contributed by atoms with Gasteiger partial charge in [-0.2, -0.15) is 0 Å². The second-order valence-electron chi connectivity index (χ2n) is 4.13. The molecule has 1 rings (SSSR count). The summed E-state index contributed by atoms with van der Waals surface area (Å²) in [6.45, 7) is 3.84. The van der Waals surface area contributed by atoms with E-state index >= 15 is 0 Å². The van der Waals surface area contributed by atoms with E-state index in [4.69, 9.17) is 9.47 Å². The average molecular weight is 265 g/mol. The van der Waals surface area contributed by atoms with Crippen LogP contribution in [0.5, 0.6) is 5.75 Å². The molecule has 0 aromatic heterocycles. The molecule has 1 aromatic rings. The lowest BCUT2D eigenvalue weighted by Gasteiger charge is -2.14. The largest absolute Gasteiger partial charge is 0.491 e. The van der Waals surface area contributed by atoms with Crippen LogP contribution in [0.25, 0.3) is 0 Å². The zero-order chi connectivity index (χ0) is 14.1. The fourth-order valence-electron chi connectivity index (χ4n) is 1.64. The molecule has 0 unspecified atom stereocenters. The standard InChI is InChI=1S/C14H23N3O2/c1-11-5-6-12(10-17-14(15-2)16-3)13(9-11)19-8-7-18-4/h5-6,9H,7-8,10H2,1-4H3,(H2,15,16,17). The molecule has 0 aliphatic carbocycles. The first-order chi connectivity index (χ1) is 9.21. The van der Waals surface area contributed by atoms with E-state index in [2.05, 4.69) is 27.8 Å². The summed E-state index contributed by atoms with van der Waals surface area (Å²) in [5.41, 5.74) is 2.27. The highest BCUT2D eigenvalue weighted by molar-refractivity contribution is 5.79. The van der Waals surface area contributed by atoms with E-state index < -0.39 is 0 Å². The molecule has 0 heterocycles. The minimum atomic E-state index is 0.549. The zero-order valence-corrected chi connectivity index (χ0v) is 12.1. The Bertz CT molecular complexity index is 419. The van der Waals surface area contributed by atoms with Gasteiger partial charge in [-0.05, 0) is 18.6 Å². The molecule has 0 saturated heterocycles. The van der Waals surface area contributed by atoms with Gasteiger partial charge >= 0.3 is 0 Å². The van der Waals surface area contributed by atoms with Gasteiger partial charge in [0.05, 0.1) is 6.61 Å². The molecule has 2 N–H and O–H groups in total. The fourth-order valence-corrected chi connectivity index (χ4v) is 1.64. The molecule has 0 fully saturated rings. The highest BCUT2D eigenvalue weighted by Gasteiger charge is 2.05. The Morgan fingerprint density at radius 1 is 1.32 bits per heavy atom. The van der Waals surface area contributed by atoms with Gasteiger partial charge in [0.2, 0.25) is 0 Å². The molecule has 19 heavy (non-hydrogen) atoms. The SMILES string of the molecule is CN=C(NC)NCc1ccc(C)cc1OCCOC. The van der Waals surface area contributed by atoms with E-state index in [0.717, 1.165) is 17.3 Å². The van der Waals surface area contributed by atoms with Gasteiger partial charge in [-0.3, -0.25) is 4.99 Å². The van der Waals surface area contributed by atoms with Crippen molar-refractivity contribution in [2.75, 3.05) is 34.4 Å². The predicted octanol–water partition coefficient (Wildman–Crippen LogP) is 1.32. The molecule has 0 radical (unpaired) electrons. The van der Waals surface area contributed by atoms with E-state index in [-0.39, 0.29) is 0 Å². The number of aryl methyl sites for hydroxylation is 1. The van der Waals surface area contributed by atoms with Crippen molar-refractivity contribution in [1.29, 1.82) is 0 Å². The summed E-state index contributed by atoms with van der Waals surface area (Å²) in [6.07, 6.45) is 0. The molecule has 0 saturated carbocycles. The number of ether oxygens (including phenoxy) is 2. The summed E-state index contributed by atoms with van der Waals surface area (Å²) >= 11 is 0. The maximum atomic E-state index is 5.73. The molecule has 1 aromatic carbocycles. The van der Waals surface area contributed by atoms with E-state index in [1.54, 1.807) is 14.2 Å². The van der Waals surface area contributed by atoms with Crippen molar-refractivity contribution < 1.29 is 9.47 Å². The lowest BCUT2D eigenvalue weighted by Crippen LogP contribution is -2.34. The van der Waals surface area contributed by atoms with Gasteiger partial charge < -0.3 is 20.1 Å². The van der Waals surface area contributed by atoms with Crippen LogP contribution >= 0.6 is 0 Å². The summed E-state index contributed by atoms with van der Waals surface area (Å²) in [6, 6.07) is 6.17. The van der Waals surface area contributed by atoms with Crippen LogP contribution in [0.15, 0.2) is 23.2 Å². The Kier molecular flexibility index (Phi) is 6.74. The Morgan fingerprint density at radius 2 is 2.11 bits per heavy atom. The minimum absolute atomic E-state index is 0.549. The molecular weight excluding hydrogens is 242 g/mol. The highest BCUT2D eigenvalue weighted by atomic mass is 16.5. The third kappa shape index (κ3) is 5.18. The number of nitrogens with zero attached hydrogens (tertiary/aromatic N) is 1. The number of hydrogen-bond donors (Lipinski definition) is 2. The van der Waals surface area contributed by atoms with Crippen molar-refractivity contribution in [1.82, 2.24) is 10.6 Å². The van der Waals surface area contributed by atoms with Crippen LogP contribution in [0, 0.1) is 6.92 Å². The molecule has 5 nitrogen and oxygen atoms in total. The van der Waals surface area contributed by atoms with Crippen molar-refractivity contribution in [2.45, 2.75) is 13.5 Å². The predicted molar refractivity (Wildman–Crippen MR) is 77.8 cm³/mol. The van der Waals surface area contributed by atoms with Gasteiger partial charge in [-0.15, -0.1) is 0 Å². The summed E-state index contributed by atoms with van der Waals surface area (Å²) < 4.78 is 10.7. The van der Waals surface area contributed by atoms with Crippen LogP contribution < -0.4 is 15.4 Å². The Morgan fingerprint density at radius 3 is 2.74 bits per heavy atom. The van der Waals surface area contributed by atoms with Gasteiger partial charge in [-0.1, -0.05) is 12.1 Å².